The molecule has 0 heterocycles. The molecule has 106 valence electrons. The van der Waals surface area contributed by atoms with Gasteiger partial charge in [-0.05, 0) is 33.2 Å². The van der Waals surface area contributed by atoms with Crippen LogP contribution < -0.4 is 17.2 Å². The normalized spacial score (nSPS) is 14.9. The molecule has 0 rings (SSSR count). The van der Waals surface area contributed by atoms with Crippen molar-refractivity contribution in [1.82, 2.24) is 0 Å². The highest BCUT2D eigenvalue weighted by Crippen LogP contribution is 2.15. The number of carboxylic acid groups (broad SMARTS) is 1. The van der Waals surface area contributed by atoms with Crippen LogP contribution in [-0.2, 0) is 14.3 Å². The zero-order valence-corrected chi connectivity index (χ0v) is 10.9. The van der Waals surface area contributed by atoms with E-state index in [1.807, 2.05) is 0 Å². The van der Waals surface area contributed by atoms with Gasteiger partial charge in [-0.25, -0.2) is 0 Å². The summed E-state index contributed by atoms with van der Waals surface area (Å²) in [6, 6.07) is -2.07. The first-order chi connectivity index (χ1) is 8.22. The molecule has 0 radical (unpaired) electrons. The molecule has 0 fully saturated rings. The summed E-state index contributed by atoms with van der Waals surface area (Å²) in [5, 5.41) is 8.78. The summed E-state index contributed by atoms with van der Waals surface area (Å²) in [5.41, 5.74) is 15.1. The molecule has 1 unspecified atom stereocenters. The van der Waals surface area contributed by atoms with Crippen LogP contribution in [0, 0.1) is 0 Å². The van der Waals surface area contributed by atoms with E-state index in [-0.39, 0.29) is 0 Å². The number of hydrogen-bond acceptors (Lipinski definition) is 6. The van der Waals surface area contributed by atoms with E-state index < -0.39 is 29.6 Å². The fourth-order valence-corrected chi connectivity index (χ4v) is 1.32. The van der Waals surface area contributed by atoms with Crippen LogP contribution in [0.3, 0.4) is 0 Å². The first-order valence-electron chi connectivity index (χ1n) is 5.89. The van der Waals surface area contributed by atoms with Crippen molar-refractivity contribution in [3.05, 3.63) is 0 Å². The number of esters is 1. The van der Waals surface area contributed by atoms with Gasteiger partial charge in [0.1, 0.15) is 17.7 Å². The second-order valence-corrected chi connectivity index (χ2v) is 4.73. The lowest BCUT2D eigenvalue weighted by molar-refractivity contribution is -0.165. The van der Waals surface area contributed by atoms with E-state index in [2.05, 4.69) is 0 Å². The molecule has 0 aromatic rings. The van der Waals surface area contributed by atoms with Crippen molar-refractivity contribution in [2.45, 2.75) is 50.8 Å². The Morgan fingerprint density at radius 1 is 1.28 bits per heavy atom. The van der Waals surface area contributed by atoms with Crippen LogP contribution in [0.1, 0.15) is 33.1 Å². The van der Waals surface area contributed by atoms with Gasteiger partial charge < -0.3 is 27.0 Å². The van der Waals surface area contributed by atoms with Gasteiger partial charge in [-0.3, -0.25) is 9.59 Å². The molecule has 18 heavy (non-hydrogen) atoms. The average Bonchev–Trinajstić information content (AvgIpc) is 2.27. The molecule has 0 aromatic carbocycles. The number of carbonyl (C=O) groups is 2. The van der Waals surface area contributed by atoms with E-state index in [1.165, 1.54) is 13.8 Å². The first kappa shape index (κ1) is 16.8. The number of nitrogens with two attached hydrogens (primary N) is 3. The maximum atomic E-state index is 11.7. The summed E-state index contributed by atoms with van der Waals surface area (Å²) in [4.78, 5) is 22.4. The average molecular weight is 261 g/mol. The smallest absolute Gasteiger partial charge is 0.324 e. The molecule has 0 spiro atoms. The molecule has 0 bridgehead atoms. The highest BCUT2D eigenvalue weighted by molar-refractivity contribution is 5.78. The van der Waals surface area contributed by atoms with E-state index in [0.29, 0.717) is 13.0 Å². The number of rotatable bonds is 8. The molecule has 2 atom stereocenters. The van der Waals surface area contributed by atoms with Gasteiger partial charge in [0.05, 0.1) is 0 Å². The Morgan fingerprint density at radius 3 is 2.28 bits per heavy atom. The summed E-state index contributed by atoms with van der Waals surface area (Å²) in [7, 11) is 0. The minimum atomic E-state index is -1.30. The highest BCUT2D eigenvalue weighted by atomic mass is 16.6. The summed E-state index contributed by atoms with van der Waals surface area (Å²) in [6.45, 7) is 3.42. The quantitative estimate of drug-likeness (QED) is 0.330. The largest absolute Gasteiger partial charge is 0.480 e. The van der Waals surface area contributed by atoms with Crippen molar-refractivity contribution in [3.63, 3.8) is 0 Å². The molecule has 0 aliphatic rings. The predicted octanol–water partition coefficient (Wildman–Crippen LogP) is -0.824. The zero-order valence-electron chi connectivity index (χ0n) is 10.9. The number of unbranched alkanes of at least 4 members (excludes halogenated alkanes) is 1. The fourth-order valence-electron chi connectivity index (χ4n) is 1.32. The monoisotopic (exact) mass is 261 g/mol. The summed E-state index contributed by atoms with van der Waals surface area (Å²) >= 11 is 0. The molecule has 0 aromatic heterocycles. The maximum absolute atomic E-state index is 11.7. The Kier molecular flexibility index (Phi) is 6.82. The van der Waals surface area contributed by atoms with E-state index in [4.69, 9.17) is 27.0 Å². The van der Waals surface area contributed by atoms with Gasteiger partial charge in [0, 0.05) is 0 Å². The fraction of sp³-hybridized carbons (Fsp3) is 0.818. The molecule has 0 amide bonds. The second kappa shape index (κ2) is 7.30. The molecular weight excluding hydrogens is 238 g/mol. The van der Waals surface area contributed by atoms with E-state index in [1.54, 1.807) is 0 Å². The lowest BCUT2D eigenvalue weighted by Gasteiger charge is -2.29. The van der Waals surface area contributed by atoms with Crippen molar-refractivity contribution in [3.8, 4) is 0 Å². The highest BCUT2D eigenvalue weighted by Gasteiger charge is 2.36. The van der Waals surface area contributed by atoms with Crippen LogP contribution in [0.4, 0.5) is 0 Å². The Hall–Kier alpha value is -1.18. The first-order valence-corrected chi connectivity index (χ1v) is 5.89. The van der Waals surface area contributed by atoms with Crippen molar-refractivity contribution >= 4 is 11.9 Å². The van der Waals surface area contributed by atoms with Gasteiger partial charge >= 0.3 is 11.9 Å². The number of aliphatic carboxylic acids is 1. The Morgan fingerprint density at radius 2 is 1.83 bits per heavy atom. The summed E-state index contributed by atoms with van der Waals surface area (Å²) in [5.74, 6) is -1.88. The van der Waals surface area contributed by atoms with Gasteiger partial charge in [0.25, 0.3) is 0 Å². The number of ether oxygens (including phenoxy) is 1. The zero-order chi connectivity index (χ0) is 14.3. The third-order valence-electron chi connectivity index (χ3n) is 2.65. The van der Waals surface area contributed by atoms with Crippen LogP contribution in [0.15, 0.2) is 0 Å². The lowest BCUT2D eigenvalue weighted by Crippen LogP contribution is -2.53. The van der Waals surface area contributed by atoms with E-state index >= 15 is 0 Å². The Balaban J connectivity index is 4.32. The van der Waals surface area contributed by atoms with Crippen LogP contribution in [0.2, 0.25) is 0 Å². The van der Waals surface area contributed by atoms with Crippen LogP contribution in [0.5, 0.6) is 0 Å². The number of hydrogen-bond donors (Lipinski definition) is 4. The SMILES string of the molecule is CC(C)(OC(=O)[C@@H](N)CCCCN)C(N)C(=O)O. The molecule has 0 saturated carbocycles. The van der Waals surface area contributed by atoms with Gasteiger partial charge in [0.2, 0.25) is 0 Å². The molecule has 7 nitrogen and oxygen atoms in total. The lowest BCUT2D eigenvalue weighted by atomic mass is 9.99. The minimum absolute atomic E-state index is 0.453. The van der Waals surface area contributed by atoms with Crippen molar-refractivity contribution < 1.29 is 19.4 Å². The maximum Gasteiger partial charge on any atom is 0.324 e. The number of carbonyl (C=O) groups excluding carboxylic acids is 1. The van der Waals surface area contributed by atoms with Crippen molar-refractivity contribution in [2.24, 2.45) is 17.2 Å². The Bertz CT molecular complexity index is 294. The van der Waals surface area contributed by atoms with Crippen molar-refractivity contribution in [2.75, 3.05) is 6.54 Å². The van der Waals surface area contributed by atoms with Crippen LogP contribution in [-0.4, -0.2) is 41.3 Å². The third-order valence-corrected chi connectivity index (χ3v) is 2.65. The van der Waals surface area contributed by atoms with Crippen molar-refractivity contribution in [1.29, 1.82) is 0 Å². The molecule has 7 heteroatoms. The van der Waals surface area contributed by atoms with Gasteiger partial charge in [0.15, 0.2) is 0 Å². The van der Waals surface area contributed by atoms with Crippen LogP contribution in [0.25, 0.3) is 0 Å². The second-order valence-electron chi connectivity index (χ2n) is 4.73. The van der Waals surface area contributed by atoms with Gasteiger partial charge in [-0.1, -0.05) is 6.42 Å². The minimum Gasteiger partial charge on any atom is -0.480 e. The third kappa shape index (κ3) is 5.44. The van der Waals surface area contributed by atoms with E-state index in [9.17, 15) is 9.59 Å². The molecular formula is C11H23N3O4. The van der Waals surface area contributed by atoms with Gasteiger partial charge in [-0.15, -0.1) is 0 Å². The summed E-state index contributed by atoms with van der Waals surface area (Å²) < 4.78 is 5.05. The Labute approximate surface area is 107 Å². The predicted molar refractivity (Wildman–Crippen MR) is 66.7 cm³/mol. The number of carboxylic acids is 1. The molecule has 0 saturated heterocycles. The van der Waals surface area contributed by atoms with E-state index in [0.717, 1.165) is 12.8 Å². The topological polar surface area (TPSA) is 142 Å². The van der Waals surface area contributed by atoms with Gasteiger partial charge in [-0.2, -0.15) is 0 Å². The van der Waals surface area contributed by atoms with Crippen LogP contribution >= 0.6 is 0 Å². The standard InChI is InChI=1S/C11H23N3O4/c1-11(2,8(14)9(15)16)18-10(17)7(13)5-3-4-6-12/h7-8H,3-6,12-14H2,1-2H3,(H,15,16)/t7-,8?/m0/s1. The molecule has 0 aliphatic heterocycles. The molecule has 7 N–H and O–H groups in total. The molecule has 0 aliphatic carbocycles. The summed E-state index contributed by atoms with van der Waals surface area (Å²) in [6.07, 6.45) is 1.95.